The maximum atomic E-state index is 12.6. The summed E-state index contributed by atoms with van der Waals surface area (Å²) < 4.78 is 4.62. The number of halogens is 2. The van der Waals surface area contributed by atoms with Gasteiger partial charge < -0.3 is 15.0 Å². The smallest absolute Gasteiger partial charge is 0.328 e. The molecule has 1 aliphatic rings. The summed E-state index contributed by atoms with van der Waals surface area (Å²) in [5, 5.41) is 3.48. The normalized spacial score (nSPS) is 15.3. The summed E-state index contributed by atoms with van der Waals surface area (Å²) in [5.41, 5.74) is 2.44. The molecule has 1 saturated heterocycles. The van der Waals surface area contributed by atoms with Crippen molar-refractivity contribution >= 4 is 47.1 Å². The third-order valence-electron chi connectivity index (χ3n) is 5.69. The fraction of sp³-hybridized carbons (Fsp3) is 0.320. The van der Waals surface area contributed by atoms with Gasteiger partial charge in [-0.1, -0.05) is 65.7 Å². The molecule has 2 aromatic rings. The highest BCUT2D eigenvalue weighted by Gasteiger charge is 2.28. The number of nitrogens with zero attached hydrogens (tertiary/aromatic N) is 1. The summed E-state index contributed by atoms with van der Waals surface area (Å²) in [4.78, 5) is 38.2. The van der Waals surface area contributed by atoms with Gasteiger partial charge in [-0.05, 0) is 37.0 Å². The number of likely N-dealkylation sites (tertiary alicyclic amines) is 1. The van der Waals surface area contributed by atoms with Crippen LogP contribution < -0.4 is 5.32 Å². The van der Waals surface area contributed by atoms with Crippen LogP contribution in [0.4, 0.5) is 0 Å². The topological polar surface area (TPSA) is 75.7 Å². The van der Waals surface area contributed by atoms with Crippen LogP contribution in [0.25, 0.3) is 17.2 Å². The van der Waals surface area contributed by atoms with E-state index in [9.17, 15) is 14.4 Å². The SMILES string of the molecule is COC(=O)C(C)NC(=O)C1CCN(C(=O)/C=C/c2ccc(-c3ccccc3)c(Cl)c2Cl)CC1. The number of esters is 1. The molecule has 0 saturated carbocycles. The Morgan fingerprint density at radius 2 is 1.73 bits per heavy atom. The van der Waals surface area contributed by atoms with Crippen LogP contribution in [0.2, 0.25) is 10.0 Å². The van der Waals surface area contributed by atoms with Crippen molar-refractivity contribution in [3.05, 3.63) is 64.1 Å². The number of benzene rings is 2. The molecule has 0 spiro atoms. The standard InChI is InChI=1S/C25H26Cl2N2O4/c1-16(25(32)33-2)28-24(31)19-12-14-29(15-13-19)21(30)11-9-18-8-10-20(23(27)22(18)26)17-6-4-3-5-7-17/h3-11,16,19H,12-15H2,1-2H3,(H,28,31)/b11-9+. The minimum absolute atomic E-state index is 0.156. The molecule has 2 aromatic carbocycles. The molecule has 1 unspecified atom stereocenters. The van der Waals surface area contributed by atoms with Crippen LogP contribution >= 0.6 is 23.2 Å². The van der Waals surface area contributed by atoms with Gasteiger partial charge in [0.1, 0.15) is 6.04 Å². The number of hydrogen-bond donors (Lipinski definition) is 1. The third-order valence-corrected chi connectivity index (χ3v) is 6.59. The molecule has 1 aliphatic heterocycles. The third kappa shape index (κ3) is 6.15. The average Bonchev–Trinajstić information content (AvgIpc) is 2.84. The van der Waals surface area contributed by atoms with Gasteiger partial charge in [0, 0.05) is 30.6 Å². The lowest BCUT2D eigenvalue weighted by atomic mass is 9.95. The number of nitrogens with one attached hydrogen (secondary N) is 1. The Morgan fingerprint density at radius 3 is 2.36 bits per heavy atom. The van der Waals surface area contributed by atoms with E-state index in [4.69, 9.17) is 23.2 Å². The van der Waals surface area contributed by atoms with Crippen LogP contribution in [0.3, 0.4) is 0 Å². The molecule has 174 valence electrons. The molecule has 3 rings (SSSR count). The first-order chi connectivity index (χ1) is 15.8. The lowest BCUT2D eigenvalue weighted by Gasteiger charge is -2.31. The van der Waals surface area contributed by atoms with Crippen LogP contribution in [-0.2, 0) is 19.1 Å². The summed E-state index contributed by atoms with van der Waals surface area (Å²) in [7, 11) is 1.28. The van der Waals surface area contributed by atoms with E-state index < -0.39 is 12.0 Å². The van der Waals surface area contributed by atoms with Gasteiger partial charge in [0.2, 0.25) is 11.8 Å². The lowest BCUT2D eigenvalue weighted by molar-refractivity contribution is -0.145. The largest absolute Gasteiger partial charge is 0.467 e. The number of methoxy groups -OCH3 is 1. The first-order valence-electron chi connectivity index (χ1n) is 10.7. The van der Waals surface area contributed by atoms with E-state index >= 15 is 0 Å². The second kappa shape index (κ2) is 11.3. The molecule has 1 N–H and O–H groups in total. The first-order valence-corrected chi connectivity index (χ1v) is 11.5. The minimum Gasteiger partial charge on any atom is -0.467 e. The fourth-order valence-electron chi connectivity index (χ4n) is 3.73. The average molecular weight is 489 g/mol. The Labute approximate surface area is 203 Å². The van der Waals surface area contributed by atoms with Gasteiger partial charge in [0.15, 0.2) is 0 Å². The Hall–Kier alpha value is -2.83. The van der Waals surface area contributed by atoms with Gasteiger partial charge in [0.25, 0.3) is 0 Å². The number of hydrogen-bond acceptors (Lipinski definition) is 4. The Kier molecular flexibility index (Phi) is 8.53. The zero-order valence-corrected chi connectivity index (χ0v) is 20.0. The lowest BCUT2D eigenvalue weighted by Crippen LogP contribution is -2.46. The van der Waals surface area contributed by atoms with Crippen molar-refractivity contribution in [2.75, 3.05) is 20.2 Å². The Bertz CT molecular complexity index is 1050. The van der Waals surface area contributed by atoms with E-state index in [0.29, 0.717) is 41.5 Å². The Balaban J connectivity index is 1.58. The second-order valence-electron chi connectivity index (χ2n) is 7.88. The van der Waals surface area contributed by atoms with Gasteiger partial charge in [0.05, 0.1) is 17.2 Å². The molecule has 33 heavy (non-hydrogen) atoms. The molecular weight excluding hydrogens is 463 g/mol. The number of amides is 2. The highest BCUT2D eigenvalue weighted by molar-refractivity contribution is 6.44. The number of rotatable bonds is 6. The van der Waals surface area contributed by atoms with Crippen molar-refractivity contribution < 1.29 is 19.1 Å². The van der Waals surface area contributed by atoms with E-state index in [1.165, 1.54) is 13.2 Å². The molecule has 1 heterocycles. The number of carbonyl (C=O) groups excluding carboxylic acids is 3. The van der Waals surface area contributed by atoms with Crippen molar-refractivity contribution in [2.24, 2.45) is 5.92 Å². The molecular formula is C25H26Cl2N2O4. The summed E-state index contributed by atoms with van der Waals surface area (Å²) in [6.07, 6.45) is 4.18. The van der Waals surface area contributed by atoms with Gasteiger partial charge >= 0.3 is 5.97 Å². The Morgan fingerprint density at radius 1 is 1.06 bits per heavy atom. The zero-order valence-electron chi connectivity index (χ0n) is 18.5. The predicted molar refractivity (Wildman–Crippen MR) is 130 cm³/mol. The van der Waals surface area contributed by atoms with Crippen LogP contribution in [0.15, 0.2) is 48.5 Å². The monoisotopic (exact) mass is 488 g/mol. The number of ether oxygens (including phenoxy) is 1. The summed E-state index contributed by atoms with van der Waals surface area (Å²) in [5.74, 6) is -1.09. The molecule has 1 atom stereocenters. The maximum Gasteiger partial charge on any atom is 0.328 e. The summed E-state index contributed by atoms with van der Waals surface area (Å²) in [6.45, 7) is 2.49. The van der Waals surface area contributed by atoms with Crippen molar-refractivity contribution in [3.63, 3.8) is 0 Å². The molecule has 8 heteroatoms. The van der Waals surface area contributed by atoms with Crippen molar-refractivity contribution in [2.45, 2.75) is 25.8 Å². The number of carbonyl (C=O) groups is 3. The molecule has 0 aliphatic carbocycles. The highest BCUT2D eigenvalue weighted by atomic mass is 35.5. The van der Waals surface area contributed by atoms with Crippen LogP contribution in [0.1, 0.15) is 25.3 Å². The van der Waals surface area contributed by atoms with Gasteiger partial charge in [-0.15, -0.1) is 0 Å². The molecule has 1 fully saturated rings. The molecule has 0 aromatic heterocycles. The molecule has 0 radical (unpaired) electrons. The van der Waals surface area contributed by atoms with E-state index in [-0.39, 0.29) is 17.7 Å². The van der Waals surface area contributed by atoms with Gasteiger partial charge in [-0.2, -0.15) is 0 Å². The molecule has 2 amide bonds. The van der Waals surface area contributed by atoms with E-state index in [2.05, 4.69) is 10.1 Å². The molecule has 0 bridgehead atoms. The second-order valence-corrected chi connectivity index (χ2v) is 8.64. The summed E-state index contributed by atoms with van der Waals surface area (Å²) in [6, 6.07) is 12.7. The van der Waals surface area contributed by atoms with Crippen LogP contribution in [0.5, 0.6) is 0 Å². The van der Waals surface area contributed by atoms with E-state index in [1.807, 2.05) is 42.5 Å². The molecule has 6 nitrogen and oxygen atoms in total. The van der Waals surface area contributed by atoms with Crippen molar-refractivity contribution in [3.8, 4) is 11.1 Å². The zero-order chi connectivity index (χ0) is 24.0. The van der Waals surface area contributed by atoms with E-state index in [0.717, 1.165) is 11.1 Å². The van der Waals surface area contributed by atoms with Gasteiger partial charge in [-0.25, -0.2) is 4.79 Å². The first kappa shape index (κ1) is 24.8. The van der Waals surface area contributed by atoms with Crippen LogP contribution in [0, 0.1) is 5.92 Å². The summed E-state index contributed by atoms with van der Waals surface area (Å²) >= 11 is 12.9. The van der Waals surface area contributed by atoms with Crippen molar-refractivity contribution in [1.29, 1.82) is 0 Å². The highest BCUT2D eigenvalue weighted by Crippen LogP contribution is 2.36. The minimum atomic E-state index is -0.699. The van der Waals surface area contributed by atoms with Crippen LogP contribution in [-0.4, -0.2) is 48.9 Å². The fourth-order valence-corrected chi connectivity index (χ4v) is 4.24. The quantitative estimate of drug-likeness (QED) is 0.476. The predicted octanol–water partition coefficient (Wildman–Crippen LogP) is 4.59. The van der Waals surface area contributed by atoms with E-state index in [1.54, 1.807) is 17.9 Å². The maximum absolute atomic E-state index is 12.6. The van der Waals surface area contributed by atoms with Crippen molar-refractivity contribution in [1.82, 2.24) is 10.2 Å². The number of piperidine rings is 1. The van der Waals surface area contributed by atoms with Gasteiger partial charge in [-0.3, -0.25) is 9.59 Å².